The lowest BCUT2D eigenvalue weighted by atomic mass is 9.95. The highest BCUT2D eigenvalue weighted by atomic mass is 35.7. The molecule has 8 aromatic rings. The van der Waals surface area contributed by atoms with Gasteiger partial charge in [-0.1, -0.05) is 0 Å². The predicted octanol–water partition coefficient (Wildman–Crippen LogP) is 1.08. The number of sulfone groups is 2. The zero-order valence-corrected chi connectivity index (χ0v) is 46.6. The number of aromatic hydroxyl groups is 1. The van der Waals surface area contributed by atoms with Gasteiger partial charge in [-0.2, -0.15) is 17.6 Å². The van der Waals surface area contributed by atoms with E-state index in [0.717, 1.165) is 106 Å². The minimum absolute atomic E-state index is 0. The number of phenols is 1. The summed E-state index contributed by atoms with van der Waals surface area (Å²) in [7, 11) is -6.81. The van der Waals surface area contributed by atoms with Crippen molar-refractivity contribution in [1.29, 1.82) is 0 Å². The molecule has 1 N–H and O–H groups in total. The number of ether oxygens (including phenoxy) is 6. The number of pyridine rings is 2. The number of fused-ring (bicyclic) bond motifs is 10. The number of nitrogens with zero attached hydrogens (tertiary/aromatic N) is 2. The molecule has 0 spiro atoms. The maximum absolute atomic E-state index is 13.2. The molecule has 6 aromatic carbocycles. The van der Waals surface area contributed by atoms with Crippen molar-refractivity contribution in [3.05, 3.63) is 133 Å². The Kier molecular flexibility index (Phi) is 15.8. The van der Waals surface area contributed by atoms with Crippen molar-refractivity contribution in [3.63, 3.8) is 0 Å². The number of hydrogen-bond donors (Lipinski definition) is 1. The van der Waals surface area contributed by atoms with E-state index in [1.165, 1.54) is 49.1 Å². The molecule has 0 bridgehead atoms. The van der Waals surface area contributed by atoms with Crippen LogP contribution in [0.25, 0.3) is 44.1 Å². The number of halogens is 3. The van der Waals surface area contributed by atoms with E-state index in [1.54, 1.807) is 19.2 Å². The Bertz CT molecular complexity index is 4080. The van der Waals surface area contributed by atoms with Crippen LogP contribution in [-0.2, 0) is 64.8 Å². The lowest BCUT2D eigenvalue weighted by molar-refractivity contribution is -0.686. The molecule has 18 nitrogen and oxygen atoms in total. The first-order valence-corrected chi connectivity index (χ1v) is 30.2. The van der Waals surface area contributed by atoms with E-state index < -0.39 is 38.8 Å². The number of methoxy groups -OCH3 is 2. The van der Waals surface area contributed by atoms with Crippen molar-refractivity contribution in [2.45, 2.75) is 45.5 Å². The maximum Gasteiger partial charge on any atom is 0.339 e. The molecule has 25 heteroatoms. The molecule has 0 amide bonds. The summed E-state index contributed by atoms with van der Waals surface area (Å²) >= 11 is 0. The minimum atomic E-state index is -4.29. The number of rotatable bonds is 8. The second-order valence-electron chi connectivity index (χ2n) is 17.6. The summed E-state index contributed by atoms with van der Waals surface area (Å²) in [5, 5.41) is 13.5. The molecule has 4 aliphatic heterocycles. The van der Waals surface area contributed by atoms with E-state index in [-0.39, 0.29) is 75.2 Å². The van der Waals surface area contributed by atoms with Gasteiger partial charge in [0.05, 0.1) is 50.8 Å². The van der Waals surface area contributed by atoms with Gasteiger partial charge in [0.15, 0.2) is 91.2 Å². The zero-order valence-electron chi connectivity index (χ0n) is 41.0. The quantitative estimate of drug-likeness (QED) is 0.128. The first-order valence-electron chi connectivity index (χ1n) is 22.7. The first-order chi connectivity index (χ1) is 35.6. The standard InChI is InChI=1S/C26H22NO8S2.C19H15NO4.C7H7ClO4S2.2ClH/c1-32-23-8-3-16-11-22-20-13-25-24(33-15-34-25)12-17(20)9-10-27(22)14-21(16)26(23)35-37(30,31)19-6-4-18(5-7-19)36(2,28)29;1-22-16-3-2-11-6-15-13-8-18-17(23-10-24-18)7-12(13)4-5-20(15)9-14(11)19(16)21;1-13(9,10)6-2-4-7(5-3-6)14(8,11)12;;/h3-8,11-14H,9-10,15H2,1-2H3;2-3,6-9H,4-5,10H2,1H3;2-5H,1H3;2*1H/q+1;;;;/p-1. The van der Waals surface area contributed by atoms with Crippen LogP contribution >= 0.6 is 10.7 Å². The summed E-state index contributed by atoms with van der Waals surface area (Å²) in [6.07, 6.45) is 7.63. The fourth-order valence-electron chi connectivity index (χ4n) is 9.08. The molecule has 0 saturated heterocycles. The molecule has 0 saturated carbocycles. The third-order valence-electron chi connectivity index (χ3n) is 12.9. The Hall–Kier alpha value is -6.79. The molecule has 0 unspecified atom stereocenters. The summed E-state index contributed by atoms with van der Waals surface area (Å²) in [5.41, 5.74) is 6.66. The summed E-state index contributed by atoms with van der Waals surface area (Å²) < 4.78 is 136. The minimum Gasteiger partial charge on any atom is -1.00 e. The Morgan fingerprint density at radius 1 is 0.519 bits per heavy atom. The molecule has 404 valence electrons. The fourth-order valence-corrected chi connectivity index (χ4v) is 12.1. The van der Waals surface area contributed by atoms with Crippen molar-refractivity contribution in [2.75, 3.05) is 40.3 Å². The van der Waals surface area contributed by atoms with Gasteiger partial charge in [0.1, 0.15) is 4.90 Å². The molecular formula is C52H45Cl3N2O16S4. The van der Waals surface area contributed by atoms with Gasteiger partial charge in [-0.3, -0.25) is 0 Å². The van der Waals surface area contributed by atoms with Gasteiger partial charge in [-0.25, -0.2) is 25.3 Å². The van der Waals surface area contributed by atoms with Crippen LogP contribution in [-0.4, -0.2) is 79.1 Å². The summed E-state index contributed by atoms with van der Waals surface area (Å²) in [6, 6.07) is 29.1. The normalized spacial score (nSPS) is 13.6. The topological polar surface area (TPSA) is 229 Å². The van der Waals surface area contributed by atoms with Gasteiger partial charge in [0, 0.05) is 48.2 Å². The van der Waals surface area contributed by atoms with Gasteiger partial charge in [-0.05, 0) is 119 Å². The molecule has 0 aliphatic carbocycles. The molecule has 77 heavy (non-hydrogen) atoms. The molecule has 6 heterocycles. The number of phenolic OH excluding ortho intramolecular Hbond substituents is 1. The Morgan fingerprint density at radius 2 is 0.922 bits per heavy atom. The third-order valence-corrected chi connectivity index (χ3v) is 17.7. The van der Waals surface area contributed by atoms with Gasteiger partial charge in [0.2, 0.25) is 25.0 Å². The lowest BCUT2D eigenvalue weighted by Gasteiger charge is -2.18. The Labute approximate surface area is 460 Å². The smallest absolute Gasteiger partial charge is 0.339 e. The average Bonchev–Trinajstić information content (AvgIpc) is 4.06. The molecule has 0 atom stereocenters. The molecule has 2 aromatic heterocycles. The summed E-state index contributed by atoms with van der Waals surface area (Å²) in [4.78, 5) is -0.220. The SMILES string of the molecule is COc1ccc2cc3[n+](cc2c1O)CCc1cc2c(cc1-3)OCO2.COc1ccc2cc3[n+](cc2c1OS(=O)(=O)c1ccc(S(C)(=O)=O)cc1)CCc1cc2c(cc1-3)OCO2.CS(=O)(=O)c1ccc(S(=O)(=O)Cl)cc1.[Cl-].[Cl-]. The van der Waals surface area contributed by atoms with Crippen LogP contribution in [0.4, 0.5) is 0 Å². The maximum atomic E-state index is 13.2. The average molecular weight is 1190 g/mol. The lowest BCUT2D eigenvalue weighted by Crippen LogP contribution is -3.00. The Morgan fingerprint density at radius 3 is 1.36 bits per heavy atom. The molecule has 12 rings (SSSR count). The molecule has 4 aliphatic rings. The van der Waals surface area contributed by atoms with Crippen LogP contribution in [0.1, 0.15) is 11.1 Å². The van der Waals surface area contributed by atoms with E-state index in [1.807, 2.05) is 47.3 Å². The highest BCUT2D eigenvalue weighted by Gasteiger charge is 2.32. The predicted molar refractivity (Wildman–Crippen MR) is 274 cm³/mol. The van der Waals surface area contributed by atoms with Crippen molar-refractivity contribution in [2.24, 2.45) is 0 Å². The molecule has 0 fully saturated rings. The second-order valence-corrected chi connectivity index (χ2v) is 25.8. The van der Waals surface area contributed by atoms with Crippen molar-refractivity contribution in [3.8, 4) is 68.5 Å². The Balaban J connectivity index is 0.000000168. The van der Waals surface area contributed by atoms with Crippen LogP contribution in [0.2, 0.25) is 0 Å². The van der Waals surface area contributed by atoms with Crippen molar-refractivity contribution < 1.29 is 105 Å². The van der Waals surface area contributed by atoms with Crippen LogP contribution in [0.15, 0.2) is 141 Å². The third kappa shape index (κ3) is 11.3. The monoisotopic (exact) mass is 1190 g/mol. The highest BCUT2D eigenvalue weighted by molar-refractivity contribution is 8.13. The first kappa shape index (κ1) is 56.4. The van der Waals surface area contributed by atoms with Crippen LogP contribution in [0.3, 0.4) is 0 Å². The van der Waals surface area contributed by atoms with E-state index >= 15 is 0 Å². The highest BCUT2D eigenvalue weighted by Crippen LogP contribution is 2.44. The van der Waals surface area contributed by atoms with E-state index in [4.69, 9.17) is 43.3 Å². The summed E-state index contributed by atoms with van der Waals surface area (Å²) in [6.45, 7) is 2.01. The van der Waals surface area contributed by atoms with Gasteiger partial charge in [0.25, 0.3) is 9.05 Å². The van der Waals surface area contributed by atoms with Crippen LogP contribution < -0.4 is 66.6 Å². The zero-order chi connectivity index (χ0) is 53.2. The van der Waals surface area contributed by atoms with E-state index in [2.05, 4.69) is 22.8 Å². The van der Waals surface area contributed by atoms with E-state index in [9.17, 15) is 38.8 Å². The second kappa shape index (κ2) is 21.6. The van der Waals surface area contributed by atoms with Gasteiger partial charge >= 0.3 is 10.1 Å². The fraction of sp³-hybridized carbons (Fsp3) is 0.192. The van der Waals surface area contributed by atoms with Gasteiger partial charge in [-0.15, -0.1) is 0 Å². The molecule has 0 radical (unpaired) electrons. The van der Waals surface area contributed by atoms with Crippen LogP contribution in [0, 0.1) is 0 Å². The van der Waals surface area contributed by atoms with Crippen LogP contribution in [0.5, 0.6) is 46.0 Å². The van der Waals surface area contributed by atoms with E-state index in [0.29, 0.717) is 23.4 Å². The number of aromatic nitrogens is 2. The largest absolute Gasteiger partial charge is 1.00 e. The number of hydrogen-bond acceptors (Lipinski definition) is 16. The summed E-state index contributed by atoms with van der Waals surface area (Å²) in [5.74, 6) is 4.03. The molecular weight excluding hydrogens is 1140 g/mol. The van der Waals surface area contributed by atoms with Gasteiger partial charge < -0.3 is 62.5 Å². The van der Waals surface area contributed by atoms with Crippen molar-refractivity contribution in [1.82, 2.24) is 0 Å². The number of aryl methyl sites for hydroxylation is 4. The van der Waals surface area contributed by atoms with Crippen molar-refractivity contribution >= 4 is 71.1 Å². The number of benzene rings is 6.